The van der Waals surface area contributed by atoms with Gasteiger partial charge < -0.3 is 11.1 Å². The minimum Gasteiger partial charge on any atom is -0.347 e. The van der Waals surface area contributed by atoms with E-state index >= 15 is 0 Å². The molecule has 0 aliphatic heterocycles. The average Bonchev–Trinajstić information content (AvgIpc) is 2.96. The Morgan fingerprint density at radius 2 is 2.25 bits per heavy atom. The standard InChI is InChI=1S/C13H21N3OS.2ClH/c1-8-7-18-13(15-8)9(2)16-12(17)11-5-3-4-10(11)6-14;;/h7,9-11H,3-6,14H2,1-2H3,(H,16,17);2*1H/t9?,10-,11-;;/m1../s1. The van der Waals surface area contributed by atoms with Gasteiger partial charge in [-0.2, -0.15) is 0 Å². The molecule has 20 heavy (non-hydrogen) atoms. The zero-order valence-corrected chi connectivity index (χ0v) is 14.2. The van der Waals surface area contributed by atoms with E-state index in [0.717, 1.165) is 30.0 Å². The number of amides is 1. The van der Waals surface area contributed by atoms with Crippen LogP contribution in [0, 0.1) is 18.8 Å². The van der Waals surface area contributed by atoms with Gasteiger partial charge in [0, 0.05) is 17.0 Å². The van der Waals surface area contributed by atoms with Crippen LogP contribution < -0.4 is 11.1 Å². The molecule has 1 aliphatic carbocycles. The van der Waals surface area contributed by atoms with Crippen LogP contribution in [0.25, 0.3) is 0 Å². The van der Waals surface area contributed by atoms with E-state index in [-0.39, 0.29) is 42.7 Å². The topological polar surface area (TPSA) is 68.0 Å². The maximum atomic E-state index is 12.2. The van der Waals surface area contributed by atoms with Gasteiger partial charge in [-0.05, 0) is 39.2 Å². The van der Waals surface area contributed by atoms with E-state index in [4.69, 9.17) is 5.73 Å². The predicted octanol–water partition coefficient (Wildman–Crippen LogP) is 2.85. The third-order valence-corrected chi connectivity index (χ3v) is 4.81. The Labute approximate surface area is 136 Å². The Bertz CT molecular complexity index is 428. The van der Waals surface area contributed by atoms with E-state index in [1.54, 1.807) is 11.3 Å². The largest absolute Gasteiger partial charge is 0.347 e. The maximum Gasteiger partial charge on any atom is 0.223 e. The van der Waals surface area contributed by atoms with Crippen molar-refractivity contribution in [3.05, 3.63) is 16.1 Å². The summed E-state index contributed by atoms with van der Waals surface area (Å²) in [5.74, 6) is 0.594. The van der Waals surface area contributed by atoms with Crippen molar-refractivity contribution in [1.82, 2.24) is 10.3 Å². The monoisotopic (exact) mass is 339 g/mol. The average molecular weight is 340 g/mol. The lowest BCUT2D eigenvalue weighted by molar-refractivity contribution is -0.126. The summed E-state index contributed by atoms with van der Waals surface area (Å²) in [5, 5.41) is 6.05. The van der Waals surface area contributed by atoms with E-state index < -0.39 is 0 Å². The first-order valence-electron chi connectivity index (χ1n) is 6.54. The van der Waals surface area contributed by atoms with E-state index in [1.807, 2.05) is 19.2 Å². The zero-order valence-electron chi connectivity index (χ0n) is 11.8. The molecule has 1 fully saturated rings. The van der Waals surface area contributed by atoms with Crippen molar-refractivity contribution in [2.24, 2.45) is 17.6 Å². The van der Waals surface area contributed by atoms with Crippen molar-refractivity contribution in [2.45, 2.75) is 39.2 Å². The Kier molecular flexibility index (Phi) is 8.66. The predicted molar refractivity (Wildman–Crippen MR) is 87.8 cm³/mol. The molecule has 0 aromatic carbocycles. The number of hydrogen-bond donors (Lipinski definition) is 2. The molecule has 0 spiro atoms. The van der Waals surface area contributed by atoms with Gasteiger partial charge in [-0.25, -0.2) is 4.98 Å². The number of hydrogen-bond acceptors (Lipinski definition) is 4. The number of carbonyl (C=O) groups is 1. The first-order valence-corrected chi connectivity index (χ1v) is 7.42. The molecular weight excluding hydrogens is 317 g/mol. The number of nitrogens with one attached hydrogen (secondary N) is 1. The molecule has 1 aromatic rings. The fourth-order valence-electron chi connectivity index (χ4n) is 2.62. The number of thiazole rings is 1. The zero-order chi connectivity index (χ0) is 13.1. The summed E-state index contributed by atoms with van der Waals surface area (Å²) < 4.78 is 0. The summed E-state index contributed by atoms with van der Waals surface area (Å²) in [6.07, 6.45) is 3.17. The van der Waals surface area contributed by atoms with E-state index in [2.05, 4.69) is 10.3 Å². The second-order valence-corrected chi connectivity index (χ2v) is 5.98. The first-order chi connectivity index (χ1) is 8.61. The second-order valence-electron chi connectivity index (χ2n) is 5.09. The number of carbonyl (C=O) groups excluding carboxylic acids is 1. The molecule has 0 radical (unpaired) electrons. The molecule has 4 nitrogen and oxygen atoms in total. The molecule has 1 heterocycles. The number of aromatic nitrogens is 1. The Hall–Kier alpha value is -0.360. The quantitative estimate of drug-likeness (QED) is 0.886. The molecule has 116 valence electrons. The Balaban J connectivity index is 0.00000180. The molecule has 0 bridgehead atoms. The minimum atomic E-state index is -0.00442. The van der Waals surface area contributed by atoms with Crippen LogP contribution in [0.5, 0.6) is 0 Å². The normalized spacial score (nSPS) is 22.6. The van der Waals surface area contributed by atoms with Gasteiger partial charge in [-0.3, -0.25) is 4.79 Å². The van der Waals surface area contributed by atoms with Crippen molar-refractivity contribution in [1.29, 1.82) is 0 Å². The van der Waals surface area contributed by atoms with Crippen LogP contribution in [-0.4, -0.2) is 17.4 Å². The highest BCUT2D eigenvalue weighted by molar-refractivity contribution is 7.09. The van der Waals surface area contributed by atoms with Crippen molar-refractivity contribution in [3.8, 4) is 0 Å². The van der Waals surface area contributed by atoms with Gasteiger partial charge in [0.2, 0.25) is 5.91 Å². The van der Waals surface area contributed by atoms with Crippen LogP contribution >= 0.6 is 36.2 Å². The third kappa shape index (κ3) is 4.58. The van der Waals surface area contributed by atoms with E-state index in [0.29, 0.717) is 12.5 Å². The molecule has 1 aliphatic rings. The maximum absolute atomic E-state index is 12.2. The van der Waals surface area contributed by atoms with Crippen molar-refractivity contribution in [3.63, 3.8) is 0 Å². The van der Waals surface area contributed by atoms with Gasteiger partial charge in [0.25, 0.3) is 0 Å². The van der Waals surface area contributed by atoms with E-state index in [1.165, 1.54) is 0 Å². The number of nitrogens with two attached hydrogens (primary N) is 1. The highest BCUT2D eigenvalue weighted by Crippen LogP contribution is 2.31. The van der Waals surface area contributed by atoms with Crippen molar-refractivity contribution >= 4 is 42.1 Å². The Morgan fingerprint density at radius 1 is 1.55 bits per heavy atom. The van der Waals surface area contributed by atoms with E-state index in [9.17, 15) is 4.79 Å². The molecule has 3 atom stereocenters. The van der Waals surface area contributed by atoms with Gasteiger partial charge in [-0.15, -0.1) is 36.2 Å². The Morgan fingerprint density at radius 3 is 2.80 bits per heavy atom. The fraction of sp³-hybridized carbons (Fsp3) is 0.692. The molecular formula is C13H23Cl2N3OS. The molecule has 3 N–H and O–H groups in total. The van der Waals surface area contributed by atoms with Crippen LogP contribution in [0.15, 0.2) is 5.38 Å². The van der Waals surface area contributed by atoms with Crippen LogP contribution in [0.1, 0.15) is 42.9 Å². The van der Waals surface area contributed by atoms with Crippen LogP contribution in [0.4, 0.5) is 0 Å². The van der Waals surface area contributed by atoms with Gasteiger partial charge in [0.05, 0.1) is 6.04 Å². The molecule has 1 unspecified atom stereocenters. The number of halogens is 2. The number of aryl methyl sites for hydroxylation is 1. The lowest BCUT2D eigenvalue weighted by atomic mass is 9.95. The lowest BCUT2D eigenvalue weighted by Gasteiger charge is -2.19. The smallest absolute Gasteiger partial charge is 0.223 e. The summed E-state index contributed by atoms with van der Waals surface area (Å²) in [4.78, 5) is 16.6. The van der Waals surface area contributed by atoms with Crippen LogP contribution in [-0.2, 0) is 4.79 Å². The molecule has 1 saturated carbocycles. The molecule has 0 saturated heterocycles. The SMILES string of the molecule is Cc1csc(C(C)NC(=O)[C@@H]2CCC[C@@H]2CN)n1.Cl.Cl. The van der Waals surface area contributed by atoms with Crippen molar-refractivity contribution in [2.75, 3.05) is 6.54 Å². The lowest BCUT2D eigenvalue weighted by Crippen LogP contribution is -2.36. The third-order valence-electron chi connectivity index (χ3n) is 3.66. The van der Waals surface area contributed by atoms with Gasteiger partial charge in [0.1, 0.15) is 5.01 Å². The highest BCUT2D eigenvalue weighted by atomic mass is 35.5. The van der Waals surface area contributed by atoms with Gasteiger partial charge in [0.15, 0.2) is 0 Å². The summed E-state index contributed by atoms with van der Waals surface area (Å²) in [6.45, 7) is 4.57. The molecule has 1 aromatic heterocycles. The first kappa shape index (κ1) is 19.6. The van der Waals surface area contributed by atoms with Crippen LogP contribution in [0.2, 0.25) is 0 Å². The highest BCUT2D eigenvalue weighted by Gasteiger charge is 2.32. The molecule has 2 rings (SSSR count). The molecule has 7 heteroatoms. The summed E-state index contributed by atoms with van der Waals surface area (Å²) in [7, 11) is 0. The van der Waals surface area contributed by atoms with Crippen LogP contribution in [0.3, 0.4) is 0 Å². The summed E-state index contributed by atoms with van der Waals surface area (Å²) in [6, 6.07) is -0.00442. The molecule has 1 amide bonds. The number of nitrogens with zero attached hydrogens (tertiary/aromatic N) is 1. The van der Waals surface area contributed by atoms with Gasteiger partial charge in [-0.1, -0.05) is 6.42 Å². The minimum absolute atomic E-state index is 0. The van der Waals surface area contributed by atoms with Crippen molar-refractivity contribution < 1.29 is 4.79 Å². The summed E-state index contributed by atoms with van der Waals surface area (Å²) >= 11 is 1.60. The van der Waals surface area contributed by atoms with Gasteiger partial charge >= 0.3 is 0 Å². The second kappa shape index (κ2) is 8.82. The number of rotatable bonds is 4. The summed E-state index contributed by atoms with van der Waals surface area (Å²) in [5.41, 5.74) is 6.73. The fourth-order valence-corrected chi connectivity index (χ4v) is 3.42.